The van der Waals surface area contributed by atoms with Crippen LogP contribution in [0.2, 0.25) is 0 Å². The summed E-state index contributed by atoms with van der Waals surface area (Å²) in [6.45, 7) is 8.87. The first-order valence-electron chi connectivity index (χ1n) is 8.85. The van der Waals surface area contributed by atoms with Crippen molar-refractivity contribution in [2.45, 2.75) is 45.6 Å². The number of rotatable bonds is 3. The third kappa shape index (κ3) is 2.56. The molecule has 0 saturated heterocycles. The molecule has 3 rings (SSSR count). The fourth-order valence-electron chi connectivity index (χ4n) is 5.20. The van der Waals surface area contributed by atoms with E-state index < -0.39 is 11.5 Å². The summed E-state index contributed by atoms with van der Waals surface area (Å²) in [6, 6.07) is 0. The molecule has 0 aromatic carbocycles. The first-order valence-corrected chi connectivity index (χ1v) is 8.85. The number of esters is 1. The normalized spacial score (nSPS) is 42.8. The van der Waals surface area contributed by atoms with E-state index in [4.69, 9.17) is 4.74 Å². The molecule has 2 aliphatic carbocycles. The minimum atomic E-state index is -0.481. The second-order valence-corrected chi connectivity index (χ2v) is 8.07. The van der Waals surface area contributed by atoms with Crippen molar-refractivity contribution in [3.8, 4) is 0 Å². The molecule has 0 aromatic rings. The van der Waals surface area contributed by atoms with Gasteiger partial charge in [0.25, 0.3) is 0 Å². The number of aliphatic hydroxyl groups is 2. The van der Waals surface area contributed by atoms with Crippen molar-refractivity contribution in [2.24, 2.45) is 22.7 Å². The summed E-state index contributed by atoms with van der Waals surface area (Å²) in [6.07, 6.45) is 8.69. The number of carbonyl (C=O) groups excluding carboxylic acids is 1. The van der Waals surface area contributed by atoms with Crippen LogP contribution in [0.4, 0.5) is 0 Å². The van der Waals surface area contributed by atoms with Gasteiger partial charge in [-0.1, -0.05) is 38.2 Å². The second kappa shape index (κ2) is 6.16. The third-order valence-electron chi connectivity index (χ3n) is 6.78. The minimum absolute atomic E-state index is 0.00515. The van der Waals surface area contributed by atoms with Crippen LogP contribution in [0.3, 0.4) is 0 Å². The van der Waals surface area contributed by atoms with Crippen LogP contribution in [0.25, 0.3) is 0 Å². The van der Waals surface area contributed by atoms with Gasteiger partial charge in [-0.2, -0.15) is 0 Å². The number of allylic oxidation sites excluding steroid dienone is 2. The van der Waals surface area contributed by atoms with Crippen molar-refractivity contribution in [3.05, 3.63) is 36.0 Å². The average Bonchev–Trinajstić information content (AvgIpc) is 2.96. The molecule has 2 N–H and O–H groups in total. The highest BCUT2D eigenvalue weighted by Crippen LogP contribution is 2.61. The highest BCUT2D eigenvalue weighted by Gasteiger charge is 2.57. The minimum Gasteiger partial charge on any atom is -0.458 e. The zero-order valence-electron chi connectivity index (χ0n) is 14.6. The van der Waals surface area contributed by atoms with Crippen LogP contribution in [0.5, 0.6) is 0 Å². The first kappa shape index (κ1) is 17.4. The average molecular weight is 332 g/mol. The van der Waals surface area contributed by atoms with Gasteiger partial charge in [-0.25, -0.2) is 4.79 Å². The monoisotopic (exact) mass is 332 g/mol. The molecule has 2 fully saturated rings. The fourth-order valence-corrected chi connectivity index (χ4v) is 5.20. The van der Waals surface area contributed by atoms with Gasteiger partial charge < -0.3 is 14.9 Å². The summed E-state index contributed by atoms with van der Waals surface area (Å²) in [7, 11) is 0. The smallest absolute Gasteiger partial charge is 0.338 e. The molecule has 0 amide bonds. The molecular formula is C20H28O4. The van der Waals surface area contributed by atoms with Crippen molar-refractivity contribution in [1.29, 1.82) is 0 Å². The third-order valence-corrected chi connectivity index (χ3v) is 6.78. The number of fused-ring (bicyclic) bond motifs is 1. The molecular weight excluding hydrogens is 304 g/mol. The Hall–Kier alpha value is -1.39. The number of hydrogen-bond donors (Lipinski definition) is 2. The lowest BCUT2D eigenvalue weighted by Gasteiger charge is -2.59. The summed E-state index contributed by atoms with van der Waals surface area (Å²) < 4.78 is 4.96. The van der Waals surface area contributed by atoms with Gasteiger partial charge in [0, 0.05) is 11.3 Å². The highest BCUT2D eigenvalue weighted by atomic mass is 16.5. The molecule has 5 atom stereocenters. The van der Waals surface area contributed by atoms with Crippen LogP contribution in [0, 0.1) is 22.7 Å². The lowest BCUT2D eigenvalue weighted by molar-refractivity contribution is -0.145. The number of cyclic esters (lactones) is 1. The van der Waals surface area contributed by atoms with E-state index in [1.165, 1.54) is 5.57 Å². The number of ether oxygens (including phenoxy) is 1. The Bertz CT molecular complexity index is 605. The van der Waals surface area contributed by atoms with Crippen LogP contribution in [-0.2, 0) is 9.53 Å². The quantitative estimate of drug-likeness (QED) is 0.616. The van der Waals surface area contributed by atoms with E-state index in [1.807, 2.05) is 13.0 Å². The zero-order chi connectivity index (χ0) is 17.5. The van der Waals surface area contributed by atoms with Crippen molar-refractivity contribution >= 4 is 5.97 Å². The SMILES string of the molecule is C=C1CC[C@H]2[C@@](C)(CCC(O)[C@@]2(C)CO)[C@@H]1/C=C/C1=CCOC1=O. The molecule has 1 heterocycles. The Kier molecular flexibility index (Phi) is 4.47. The van der Waals surface area contributed by atoms with Crippen molar-refractivity contribution in [1.82, 2.24) is 0 Å². The standard InChI is InChI=1S/C20H28O4/c1-13-4-7-16-19(2,10-8-17(22)20(16,3)12-21)15(13)6-5-14-9-11-24-18(14)23/h5-6,9,15-17,21-22H,1,4,7-8,10-12H2,2-3H3/b6-5+/t15-,16+,17?,19+,20+/m1/s1. The van der Waals surface area contributed by atoms with E-state index in [-0.39, 0.29) is 29.8 Å². The zero-order valence-corrected chi connectivity index (χ0v) is 14.6. The fraction of sp³-hybridized carbons (Fsp3) is 0.650. The summed E-state index contributed by atoms with van der Waals surface area (Å²) in [5.74, 6) is 0.0981. The van der Waals surface area contributed by atoms with E-state index >= 15 is 0 Å². The number of hydrogen-bond acceptors (Lipinski definition) is 4. The molecule has 0 bridgehead atoms. The molecule has 4 heteroatoms. The molecule has 24 heavy (non-hydrogen) atoms. The topological polar surface area (TPSA) is 66.8 Å². The second-order valence-electron chi connectivity index (χ2n) is 8.07. The first-order chi connectivity index (χ1) is 11.3. The molecule has 1 unspecified atom stereocenters. The van der Waals surface area contributed by atoms with Gasteiger partial charge in [-0.3, -0.25) is 0 Å². The van der Waals surface area contributed by atoms with Crippen LogP contribution in [0.15, 0.2) is 36.0 Å². The van der Waals surface area contributed by atoms with Crippen molar-refractivity contribution in [3.63, 3.8) is 0 Å². The van der Waals surface area contributed by atoms with Crippen LogP contribution in [0.1, 0.15) is 39.5 Å². The van der Waals surface area contributed by atoms with E-state index in [1.54, 1.807) is 6.08 Å². The lowest BCUT2D eigenvalue weighted by Crippen LogP contribution is -2.57. The van der Waals surface area contributed by atoms with E-state index in [0.29, 0.717) is 18.6 Å². The van der Waals surface area contributed by atoms with Gasteiger partial charge in [0.15, 0.2) is 0 Å². The predicted molar refractivity (Wildman–Crippen MR) is 92.1 cm³/mol. The van der Waals surface area contributed by atoms with E-state index in [9.17, 15) is 15.0 Å². The Morgan fingerprint density at radius 3 is 2.79 bits per heavy atom. The molecule has 0 radical (unpaired) electrons. The molecule has 0 spiro atoms. The Morgan fingerprint density at radius 1 is 1.42 bits per heavy atom. The van der Waals surface area contributed by atoms with Gasteiger partial charge in [-0.15, -0.1) is 0 Å². The molecule has 3 aliphatic rings. The van der Waals surface area contributed by atoms with E-state index in [2.05, 4.69) is 19.6 Å². The molecule has 2 saturated carbocycles. The van der Waals surface area contributed by atoms with Gasteiger partial charge in [-0.05, 0) is 43.1 Å². The van der Waals surface area contributed by atoms with Crippen molar-refractivity contribution < 1.29 is 19.7 Å². The maximum absolute atomic E-state index is 11.7. The van der Waals surface area contributed by atoms with Gasteiger partial charge in [0.05, 0.1) is 18.3 Å². The largest absolute Gasteiger partial charge is 0.458 e. The summed E-state index contributed by atoms with van der Waals surface area (Å²) in [5, 5.41) is 20.5. The van der Waals surface area contributed by atoms with Gasteiger partial charge >= 0.3 is 5.97 Å². The summed E-state index contributed by atoms with van der Waals surface area (Å²) >= 11 is 0. The number of aliphatic hydroxyl groups excluding tert-OH is 2. The summed E-state index contributed by atoms with van der Waals surface area (Å²) in [5.41, 5.74) is 1.24. The predicted octanol–water partition coefficient (Wildman–Crippen LogP) is 2.77. The molecule has 4 nitrogen and oxygen atoms in total. The maximum atomic E-state index is 11.7. The van der Waals surface area contributed by atoms with Crippen LogP contribution >= 0.6 is 0 Å². The van der Waals surface area contributed by atoms with Crippen LogP contribution in [-0.4, -0.2) is 35.5 Å². The maximum Gasteiger partial charge on any atom is 0.338 e. The molecule has 132 valence electrons. The van der Waals surface area contributed by atoms with E-state index in [0.717, 1.165) is 19.3 Å². The highest BCUT2D eigenvalue weighted by molar-refractivity contribution is 5.93. The molecule has 0 aromatic heterocycles. The van der Waals surface area contributed by atoms with Gasteiger partial charge in [0.2, 0.25) is 0 Å². The number of carbonyl (C=O) groups is 1. The van der Waals surface area contributed by atoms with Crippen LogP contribution < -0.4 is 0 Å². The van der Waals surface area contributed by atoms with Crippen molar-refractivity contribution in [2.75, 3.05) is 13.2 Å². The lowest BCUT2D eigenvalue weighted by atomic mass is 9.46. The Balaban J connectivity index is 1.92. The molecule has 1 aliphatic heterocycles. The van der Waals surface area contributed by atoms with Gasteiger partial charge in [0.1, 0.15) is 6.61 Å². The Labute approximate surface area is 143 Å². The summed E-state index contributed by atoms with van der Waals surface area (Å²) in [4.78, 5) is 11.7. The Morgan fingerprint density at radius 2 is 2.17 bits per heavy atom.